The number of ether oxygens (including phenoxy) is 1. The fourth-order valence-electron chi connectivity index (χ4n) is 1.97. The number of benzene rings is 1. The lowest BCUT2D eigenvalue weighted by Gasteiger charge is -2.12. The summed E-state index contributed by atoms with van der Waals surface area (Å²) in [6.07, 6.45) is 0. The van der Waals surface area contributed by atoms with Crippen LogP contribution in [0.3, 0.4) is 0 Å². The average molecular weight is 292 g/mol. The highest BCUT2D eigenvalue weighted by Crippen LogP contribution is 2.09. The second-order valence-electron chi connectivity index (χ2n) is 4.54. The van der Waals surface area contributed by atoms with Gasteiger partial charge in [0.2, 0.25) is 0 Å². The Hall–Kier alpha value is -2.19. The van der Waals surface area contributed by atoms with Gasteiger partial charge in [-0.15, -0.1) is 0 Å². The Bertz CT molecular complexity index is 718. The molecule has 1 heterocycles. The quantitative estimate of drug-likeness (QED) is 0.737. The third-order valence-corrected chi connectivity index (χ3v) is 2.96. The minimum Gasteiger partial charge on any atom is -0.468 e. The summed E-state index contributed by atoms with van der Waals surface area (Å²) in [5.41, 5.74) is 0.485. The number of aryl methyl sites for hydroxylation is 1. The first-order valence-corrected chi connectivity index (χ1v) is 6.19. The maximum Gasteiger partial charge on any atom is 0.491 e. The molecule has 2 rings (SSSR count). The van der Waals surface area contributed by atoms with Crippen molar-refractivity contribution in [1.29, 1.82) is 0 Å². The molecule has 8 heteroatoms. The molecule has 1 aromatic carbocycles. The number of hydrogen-bond donors (Lipinski definition) is 2. The highest BCUT2D eigenvalue weighted by molar-refractivity contribution is 6.58. The second kappa shape index (κ2) is 6.07. The molecule has 2 N–H and O–H groups in total. The van der Waals surface area contributed by atoms with E-state index in [-0.39, 0.29) is 23.6 Å². The van der Waals surface area contributed by atoms with E-state index in [2.05, 4.69) is 4.98 Å². The normalized spacial score (nSPS) is 10.5. The second-order valence-corrected chi connectivity index (χ2v) is 4.54. The number of nitrogens with zero attached hydrogens (tertiary/aromatic N) is 2. The van der Waals surface area contributed by atoms with Crippen LogP contribution >= 0.6 is 0 Å². The fraction of sp³-hybridized carbons (Fsp3) is 0.231. The molecule has 1 aromatic heterocycles. The summed E-state index contributed by atoms with van der Waals surface area (Å²) in [5.74, 6) is -0.727. The molecule has 0 atom stereocenters. The van der Waals surface area contributed by atoms with Crippen molar-refractivity contribution in [3.8, 4) is 6.01 Å². The Morgan fingerprint density at radius 1 is 1.38 bits per heavy atom. The van der Waals surface area contributed by atoms with Crippen LogP contribution in [0, 0.1) is 12.7 Å². The summed E-state index contributed by atoms with van der Waals surface area (Å²) < 4.78 is 19.7. The average Bonchev–Trinajstić information content (AvgIpc) is 2.42. The molecule has 0 aliphatic heterocycles. The molecule has 110 valence electrons. The smallest absolute Gasteiger partial charge is 0.468 e. The van der Waals surface area contributed by atoms with Crippen molar-refractivity contribution in [3.63, 3.8) is 0 Å². The van der Waals surface area contributed by atoms with Crippen molar-refractivity contribution in [1.82, 2.24) is 9.55 Å². The molecule has 6 nitrogen and oxygen atoms in total. The van der Waals surface area contributed by atoms with Gasteiger partial charge in [0.1, 0.15) is 5.82 Å². The van der Waals surface area contributed by atoms with E-state index >= 15 is 0 Å². The number of methoxy groups -OCH3 is 1. The van der Waals surface area contributed by atoms with Crippen molar-refractivity contribution >= 4 is 12.6 Å². The zero-order valence-corrected chi connectivity index (χ0v) is 11.6. The minimum atomic E-state index is -1.92. The Morgan fingerprint density at radius 2 is 2.10 bits per heavy atom. The number of rotatable bonds is 4. The van der Waals surface area contributed by atoms with Gasteiger partial charge in [-0.3, -0.25) is 9.36 Å². The Morgan fingerprint density at radius 3 is 2.71 bits per heavy atom. The molecule has 0 aliphatic rings. The Balaban J connectivity index is 2.43. The third-order valence-electron chi connectivity index (χ3n) is 2.96. The van der Waals surface area contributed by atoms with E-state index in [0.717, 1.165) is 6.07 Å². The maximum atomic E-state index is 13.4. The van der Waals surface area contributed by atoms with E-state index in [0.29, 0.717) is 11.3 Å². The first kappa shape index (κ1) is 15.2. The molecular formula is C13H14BFN2O4. The molecule has 0 amide bonds. The maximum absolute atomic E-state index is 13.4. The summed E-state index contributed by atoms with van der Waals surface area (Å²) in [7, 11) is -0.523. The van der Waals surface area contributed by atoms with Crippen LogP contribution in [0.1, 0.15) is 11.3 Å². The Labute approximate surface area is 120 Å². The lowest BCUT2D eigenvalue weighted by Crippen LogP contribution is -2.33. The number of hydrogen-bond acceptors (Lipinski definition) is 5. The summed E-state index contributed by atoms with van der Waals surface area (Å²) in [4.78, 5) is 16.1. The van der Waals surface area contributed by atoms with Crippen LogP contribution in [-0.2, 0) is 6.54 Å². The summed E-state index contributed by atoms with van der Waals surface area (Å²) in [6, 6.07) is 5.34. The lowest BCUT2D eigenvalue weighted by molar-refractivity contribution is 0.350. The highest BCUT2D eigenvalue weighted by Gasteiger charge is 2.17. The van der Waals surface area contributed by atoms with Crippen LogP contribution in [0.15, 0.2) is 29.1 Å². The Kier molecular flexibility index (Phi) is 4.39. The number of halogens is 1. The predicted octanol–water partition coefficient (Wildman–Crippen LogP) is -0.572. The van der Waals surface area contributed by atoms with Crippen LogP contribution < -0.4 is 15.8 Å². The van der Waals surface area contributed by atoms with Crippen molar-refractivity contribution in [2.45, 2.75) is 13.5 Å². The van der Waals surface area contributed by atoms with E-state index in [1.807, 2.05) is 0 Å². The summed E-state index contributed by atoms with van der Waals surface area (Å²) in [5, 5.41) is 18.2. The van der Waals surface area contributed by atoms with Gasteiger partial charge >= 0.3 is 7.12 Å². The van der Waals surface area contributed by atoms with Crippen molar-refractivity contribution < 1.29 is 19.2 Å². The minimum absolute atomic E-state index is 0.0787. The molecule has 0 saturated heterocycles. The van der Waals surface area contributed by atoms with Gasteiger partial charge in [0.25, 0.3) is 11.6 Å². The monoisotopic (exact) mass is 292 g/mol. The van der Waals surface area contributed by atoms with Crippen molar-refractivity contribution in [2.75, 3.05) is 7.11 Å². The standard InChI is InChI=1S/C13H14BFN2O4/c1-8-5-12(18)17(13(16-8)21-2)7-9-3-4-11(15)10(6-9)14(19)20/h3-6,19-20H,7H2,1-2H3. The van der Waals surface area contributed by atoms with Crippen LogP contribution in [0.4, 0.5) is 4.39 Å². The van der Waals surface area contributed by atoms with Gasteiger partial charge in [-0.05, 0) is 18.6 Å². The topological polar surface area (TPSA) is 84.6 Å². The van der Waals surface area contributed by atoms with Gasteiger partial charge in [-0.1, -0.05) is 12.1 Å². The molecule has 0 fully saturated rings. The highest BCUT2D eigenvalue weighted by atomic mass is 19.1. The zero-order valence-electron chi connectivity index (χ0n) is 11.6. The van der Waals surface area contributed by atoms with Gasteiger partial charge in [0.05, 0.1) is 13.7 Å². The lowest BCUT2D eigenvalue weighted by atomic mass is 9.79. The molecule has 0 saturated carbocycles. The van der Waals surface area contributed by atoms with E-state index in [1.54, 1.807) is 6.92 Å². The van der Waals surface area contributed by atoms with Crippen molar-refractivity contribution in [2.24, 2.45) is 0 Å². The SMILES string of the molecule is COc1nc(C)cc(=O)n1Cc1ccc(F)c(B(O)O)c1. The summed E-state index contributed by atoms with van der Waals surface area (Å²) >= 11 is 0. The fourth-order valence-corrected chi connectivity index (χ4v) is 1.97. The number of aromatic nitrogens is 2. The van der Waals surface area contributed by atoms with Gasteiger partial charge < -0.3 is 14.8 Å². The van der Waals surface area contributed by atoms with Gasteiger partial charge in [0, 0.05) is 17.2 Å². The molecule has 21 heavy (non-hydrogen) atoms. The third kappa shape index (κ3) is 3.29. The van der Waals surface area contributed by atoms with Crippen LogP contribution in [0.2, 0.25) is 0 Å². The first-order chi connectivity index (χ1) is 9.92. The molecule has 0 bridgehead atoms. The summed E-state index contributed by atoms with van der Waals surface area (Å²) in [6.45, 7) is 1.75. The molecule has 0 spiro atoms. The van der Waals surface area contributed by atoms with Crippen LogP contribution in [0.25, 0.3) is 0 Å². The van der Waals surface area contributed by atoms with E-state index in [4.69, 9.17) is 14.8 Å². The van der Waals surface area contributed by atoms with E-state index in [9.17, 15) is 9.18 Å². The first-order valence-electron chi connectivity index (χ1n) is 6.19. The van der Waals surface area contributed by atoms with Crippen molar-refractivity contribution in [3.05, 3.63) is 51.7 Å². The molecule has 2 aromatic rings. The van der Waals surface area contributed by atoms with Crippen LogP contribution in [0.5, 0.6) is 6.01 Å². The van der Waals surface area contributed by atoms with E-state index < -0.39 is 12.9 Å². The van der Waals surface area contributed by atoms with E-state index in [1.165, 1.54) is 29.9 Å². The van der Waals surface area contributed by atoms with Gasteiger partial charge in [0.15, 0.2) is 0 Å². The molecule has 0 unspecified atom stereocenters. The van der Waals surface area contributed by atoms with Gasteiger partial charge in [-0.25, -0.2) is 9.37 Å². The van der Waals surface area contributed by atoms with Gasteiger partial charge in [-0.2, -0.15) is 0 Å². The molecular weight excluding hydrogens is 278 g/mol. The molecule has 0 aliphatic carbocycles. The zero-order chi connectivity index (χ0) is 15.6. The van der Waals surface area contributed by atoms with Crippen LogP contribution in [-0.4, -0.2) is 33.8 Å². The largest absolute Gasteiger partial charge is 0.491 e. The predicted molar refractivity (Wildman–Crippen MR) is 75.1 cm³/mol. The molecule has 0 radical (unpaired) electrons.